The highest BCUT2D eigenvalue weighted by atomic mass is 16.5. The average molecular weight is 406 g/mol. The molecule has 1 atom stereocenters. The number of methoxy groups -OCH3 is 1. The molecule has 5 rings (SSSR count). The second kappa shape index (κ2) is 8.07. The van der Waals surface area contributed by atoms with Gasteiger partial charge in [-0.1, -0.05) is 6.07 Å². The van der Waals surface area contributed by atoms with E-state index in [2.05, 4.69) is 27.0 Å². The normalized spacial score (nSPS) is 18.2. The van der Waals surface area contributed by atoms with Crippen molar-refractivity contribution in [3.05, 3.63) is 53.5 Å². The van der Waals surface area contributed by atoms with Gasteiger partial charge in [-0.2, -0.15) is 0 Å². The first kappa shape index (κ1) is 19.1. The van der Waals surface area contributed by atoms with Crippen molar-refractivity contribution >= 4 is 22.9 Å². The molecule has 3 aromatic rings. The summed E-state index contributed by atoms with van der Waals surface area (Å²) in [4.78, 5) is 24.1. The van der Waals surface area contributed by atoms with E-state index in [4.69, 9.17) is 9.72 Å². The first-order valence-corrected chi connectivity index (χ1v) is 10.7. The molecular formula is C23H27N5O2. The number of benzene rings is 1. The lowest BCUT2D eigenvalue weighted by molar-refractivity contribution is 0.186. The van der Waals surface area contributed by atoms with Gasteiger partial charge in [0.15, 0.2) is 5.65 Å². The van der Waals surface area contributed by atoms with E-state index in [1.54, 1.807) is 13.3 Å². The number of carbonyl (C=O) groups excluding carboxylic acids is 1. The molecule has 7 heteroatoms. The van der Waals surface area contributed by atoms with Crippen molar-refractivity contribution in [2.24, 2.45) is 0 Å². The van der Waals surface area contributed by atoms with Gasteiger partial charge in [0.05, 0.1) is 6.61 Å². The second-order valence-corrected chi connectivity index (χ2v) is 8.16. The van der Waals surface area contributed by atoms with Gasteiger partial charge in [0.2, 0.25) is 0 Å². The monoisotopic (exact) mass is 405 g/mol. The lowest BCUT2D eigenvalue weighted by atomic mass is 10.1. The molecule has 1 saturated heterocycles. The number of nitrogens with zero attached hydrogens (tertiary/aromatic N) is 4. The van der Waals surface area contributed by atoms with Crippen LogP contribution in [-0.2, 0) is 24.1 Å². The quantitative estimate of drug-likeness (QED) is 0.704. The lowest BCUT2D eigenvalue weighted by Gasteiger charge is -2.18. The fourth-order valence-electron chi connectivity index (χ4n) is 4.70. The molecule has 156 valence electrons. The first-order valence-electron chi connectivity index (χ1n) is 10.7. The molecule has 2 amide bonds. The Balaban J connectivity index is 1.31. The zero-order valence-corrected chi connectivity index (χ0v) is 17.3. The molecule has 0 saturated carbocycles. The number of aryl methyl sites for hydroxylation is 2. The Labute approximate surface area is 176 Å². The third kappa shape index (κ3) is 3.54. The molecule has 1 N–H and O–H groups in total. The SMILES string of the molecule is COCCn1c(C2CCN(C(=O)Nc3ccc4c(c3)CCC4)C2)nc2cccnc21. The molecule has 1 unspecified atom stereocenters. The van der Waals surface area contributed by atoms with E-state index in [0.717, 1.165) is 48.5 Å². The summed E-state index contributed by atoms with van der Waals surface area (Å²) in [5.74, 6) is 1.19. The fourth-order valence-corrected chi connectivity index (χ4v) is 4.70. The molecular weight excluding hydrogens is 378 g/mol. The van der Waals surface area contributed by atoms with Crippen LogP contribution in [-0.4, -0.2) is 52.3 Å². The minimum Gasteiger partial charge on any atom is -0.383 e. The fraction of sp³-hybridized carbons (Fsp3) is 0.435. The van der Waals surface area contributed by atoms with Crippen molar-refractivity contribution in [2.45, 2.75) is 38.1 Å². The number of aromatic nitrogens is 3. The number of pyridine rings is 1. The van der Waals surface area contributed by atoms with Crippen molar-refractivity contribution in [3.8, 4) is 0 Å². The zero-order chi connectivity index (χ0) is 20.5. The maximum Gasteiger partial charge on any atom is 0.321 e. The predicted molar refractivity (Wildman–Crippen MR) is 116 cm³/mol. The number of ether oxygens (including phenoxy) is 1. The van der Waals surface area contributed by atoms with Crippen LogP contribution in [0.15, 0.2) is 36.5 Å². The molecule has 2 aliphatic rings. The van der Waals surface area contributed by atoms with E-state index < -0.39 is 0 Å². The van der Waals surface area contributed by atoms with Crippen LogP contribution >= 0.6 is 0 Å². The molecule has 1 aliphatic carbocycles. The highest BCUT2D eigenvalue weighted by Crippen LogP contribution is 2.30. The summed E-state index contributed by atoms with van der Waals surface area (Å²) in [5.41, 5.74) is 5.44. The predicted octanol–water partition coefficient (Wildman–Crippen LogP) is 3.59. The zero-order valence-electron chi connectivity index (χ0n) is 17.3. The number of rotatable bonds is 5. The smallest absolute Gasteiger partial charge is 0.321 e. The van der Waals surface area contributed by atoms with Crippen LogP contribution < -0.4 is 5.32 Å². The minimum absolute atomic E-state index is 0.0341. The Hall–Kier alpha value is -2.93. The van der Waals surface area contributed by atoms with Crippen molar-refractivity contribution in [2.75, 3.05) is 32.1 Å². The van der Waals surface area contributed by atoms with E-state index in [1.807, 2.05) is 23.1 Å². The Kier molecular flexibility index (Phi) is 5.12. The molecule has 0 bridgehead atoms. The van der Waals surface area contributed by atoms with Crippen LogP contribution in [0.3, 0.4) is 0 Å². The Morgan fingerprint density at radius 2 is 2.17 bits per heavy atom. The molecule has 2 aromatic heterocycles. The molecule has 7 nitrogen and oxygen atoms in total. The van der Waals surface area contributed by atoms with Crippen LogP contribution in [0.25, 0.3) is 11.2 Å². The van der Waals surface area contributed by atoms with Gasteiger partial charge in [-0.05, 0) is 61.1 Å². The first-order chi connectivity index (χ1) is 14.7. The number of anilines is 1. The third-order valence-electron chi connectivity index (χ3n) is 6.24. The van der Waals surface area contributed by atoms with Gasteiger partial charge in [0, 0.05) is 44.5 Å². The Morgan fingerprint density at radius 1 is 1.27 bits per heavy atom. The van der Waals surface area contributed by atoms with E-state index in [1.165, 1.54) is 17.5 Å². The summed E-state index contributed by atoms with van der Waals surface area (Å²) in [6.45, 7) is 2.69. The van der Waals surface area contributed by atoms with Crippen molar-refractivity contribution < 1.29 is 9.53 Å². The van der Waals surface area contributed by atoms with Gasteiger partial charge in [-0.3, -0.25) is 0 Å². The second-order valence-electron chi connectivity index (χ2n) is 8.16. The summed E-state index contributed by atoms with van der Waals surface area (Å²) in [5, 5.41) is 3.09. The molecule has 1 fully saturated rings. The van der Waals surface area contributed by atoms with Gasteiger partial charge < -0.3 is 19.5 Å². The maximum atomic E-state index is 12.9. The van der Waals surface area contributed by atoms with Crippen molar-refractivity contribution in [1.29, 1.82) is 0 Å². The maximum absolute atomic E-state index is 12.9. The largest absolute Gasteiger partial charge is 0.383 e. The Bertz CT molecular complexity index is 1080. The van der Waals surface area contributed by atoms with Gasteiger partial charge in [0.1, 0.15) is 11.3 Å². The molecule has 3 heterocycles. The number of hydrogen-bond acceptors (Lipinski definition) is 4. The number of nitrogens with one attached hydrogen (secondary N) is 1. The van der Waals surface area contributed by atoms with E-state index in [0.29, 0.717) is 19.7 Å². The van der Waals surface area contributed by atoms with Gasteiger partial charge in [0.25, 0.3) is 0 Å². The summed E-state index contributed by atoms with van der Waals surface area (Å²) < 4.78 is 7.43. The van der Waals surface area contributed by atoms with Crippen molar-refractivity contribution in [1.82, 2.24) is 19.4 Å². The molecule has 30 heavy (non-hydrogen) atoms. The van der Waals surface area contributed by atoms with Gasteiger partial charge >= 0.3 is 6.03 Å². The molecule has 0 spiro atoms. The standard InChI is InChI=1S/C23H27N5O2/c1-30-13-12-28-21(26-20-6-3-10-24-22(20)28)18-9-11-27(15-18)23(29)25-19-8-7-16-4-2-5-17(16)14-19/h3,6-8,10,14,18H,2,4-5,9,11-13,15H2,1H3,(H,25,29). The van der Waals surface area contributed by atoms with E-state index >= 15 is 0 Å². The van der Waals surface area contributed by atoms with Crippen LogP contribution in [0, 0.1) is 0 Å². The van der Waals surface area contributed by atoms with E-state index in [-0.39, 0.29) is 11.9 Å². The molecule has 1 aromatic carbocycles. The number of likely N-dealkylation sites (tertiary alicyclic amines) is 1. The van der Waals surface area contributed by atoms with Crippen LogP contribution in [0.4, 0.5) is 10.5 Å². The lowest BCUT2D eigenvalue weighted by Crippen LogP contribution is -2.33. The molecule has 1 aliphatic heterocycles. The number of fused-ring (bicyclic) bond motifs is 2. The summed E-state index contributed by atoms with van der Waals surface area (Å²) >= 11 is 0. The van der Waals surface area contributed by atoms with Crippen molar-refractivity contribution in [3.63, 3.8) is 0 Å². The van der Waals surface area contributed by atoms with E-state index in [9.17, 15) is 4.79 Å². The third-order valence-corrected chi connectivity index (χ3v) is 6.24. The average Bonchev–Trinajstić information content (AvgIpc) is 3.49. The van der Waals surface area contributed by atoms with Crippen LogP contribution in [0.1, 0.15) is 35.7 Å². The minimum atomic E-state index is -0.0341. The summed E-state index contributed by atoms with van der Waals surface area (Å²) in [6.07, 6.45) is 6.16. The number of urea groups is 1. The van der Waals surface area contributed by atoms with Crippen LogP contribution in [0.2, 0.25) is 0 Å². The number of amides is 2. The summed E-state index contributed by atoms with van der Waals surface area (Å²) in [6, 6.07) is 10.2. The highest BCUT2D eigenvalue weighted by Gasteiger charge is 2.31. The Morgan fingerprint density at radius 3 is 3.07 bits per heavy atom. The molecule has 0 radical (unpaired) electrons. The summed E-state index contributed by atoms with van der Waals surface area (Å²) in [7, 11) is 1.70. The van der Waals surface area contributed by atoms with Crippen LogP contribution in [0.5, 0.6) is 0 Å². The number of imidazole rings is 1. The van der Waals surface area contributed by atoms with Gasteiger partial charge in [-0.25, -0.2) is 14.8 Å². The highest BCUT2D eigenvalue weighted by molar-refractivity contribution is 5.89. The van der Waals surface area contributed by atoms with Gasteiger partial charge in [-0.15, -0.1) is 0 Å². The number of hydrogen-bond donors (Lipinski definition) is 1. The number of carbonyl (C=O) groups is 1. The topological polar surface area (TPSA) is 72.3 Å².